The van der Waals surface area contributed by atoms with Gasteiger partial charge in [0.05, 0.1) is 28.8 Å². The van der Waals surface area contributed by atoms with Gasteiger partial charge in [0, 0.05) is 19.2 Å². The van der Waals surface area contributed by atoms with Gasteiger partial charge in [-0.2, -0.15) is 4.31 Å². The second-order valence-corrected chi connectivity index (χ2v) is 8.38. The van der Waals surface area contributed by atoms with Gasteiger partial charge in [-0.1, -0.05) is 23.7 Å². The maximum Gasteiger partial charge on any atom is 0.248 e. The van der Waals surface area contributed by atoms with Gasteiger partial charge in [-0.15, -0.1) is 0 Å². The summed E-state index contributed by atoms with van der Waals surface area (Å²) in [5, 5.41) is 2.78. The number of hydrogen-bond donors (Lipinski definition) is 1. The first-order chi connectivity index (χ1) is 13.4. The number of hydrogen-bond acceptors (Lipinski definition) is 4. The van der Waals surface area contributed by atoms with Crippen molar-refractivity contribution in [3.05, 3.63) is 64.9 Å². The van der Waals surface area contributed by atoms with E-state index in [-0.39, 0.29) is 34.5 Å². The van der Waals surface area contributed by atoms with E-state index in [1.54, 1.807) is 0 Å². The third-order valence-electron chi connectivity index (χ3n) is 4.10. The lowest BCUT2D eigenvalue weighted by Crippen LogP contribution is -2.40. The Labute approximate surface area is 167 Å². The monoisotopic (exact) mass is 424 g/mol. The summed E-state index contributed by atoms with van der Waals surface area (Å²) < 4.78 is 44.9. The fraction of sp³-hybridized carbons (Fsp3) is 0.211. The Morgan fingerprint density at radius 2 is 1.82 bits per heavy atom. The van der Waals surface area contributed by atoms with Crippen LogP contribution in [0.3, 0.4) is 0 Å². The van der Waals surface area contributed by atoms with Gasteiger partial charge >= 0.3 is 0 Å². The second kappa shape index (κ2) is 8.83. The van der Waals surface area contributed by atoms with Gasteiger partial charge in [0.15, 0.2) is 0 Å². The van der Waals surface area contributed by atoms with Gasteiger partial charge in [0.25, 0.3) is 0 Å². The van der Waals surface area contributed by atoms with Crippen LogP contribution in [0, 0.1) is 5.82 Å². The number of ether oxygens (including phenoxy) is 1. The molecule has 0 spiro atoms. The van der Waals surface area contributed by atoms with Crippen LogP contribution in [-0.4, -0.2) is 44.9 Å². The van der Waals surface area contributed by atoms with Crippen molar-refractivity contribution in [2.24, 2.45) is 0 Å². The van der Waals surface area contributed by atoms with Gasteiger partial charge in [0.1, 0.15) is 5.82 Å². The highest BCUT2D eigenvalue weighted by Crippen LogP contribution is 2.27. The molecule has 1 fully saturated rings. The molecule has 2 aromatic rings. The number of anilines is 1. The second-order valence-electron chi connectivity index (χ2n) is 6.03. The maximum absolute atomic E-state index is 12.9. The minimum Gasteiger partial charge on any atom is -0.379 e. The minimum absolute atomic E-state index is 0.0385. The van der Waals surface area contributed by atoms with Gasteiger partial charge in [0.2, 0.25) is 15.9 Å². The summed E-state index contributed by atoms with van der Waals surface area (Å²) in [6, 6.07) is 9.79. The highest BCUT2D eigenvalue weighted by molar-refractivity contribution is 7.89. The van der Waals surface area contributed by atoms with E-state index in [0.29, 0.717) is 18.8 Å². The van der Waals surface area contributed by atoms with E-state index in [0.717, 1.165) is 0 Å². The van der Waals surface area contributed by atoms with Crippen molar-refractivity contribution < 1.29 is 22.3 Å². The van der Waals surface area contributed by atoms with Gasteiger partial charge in [-0.25, -0.2) is 12.8 Å². The number of carbonyl (C=O) groups is 1. The first-order valence-electron chi connectivity index (χ1n) is 8.48. The molecule has 0 bridgehead atoms. The zero-order valence-corrected chi connectivity index (χ0v) is 16.3. The first kappa shape index (κ1) is 20.5. The van der Waals surface area contributed by atoms with Crippen molar-refractivity contribution >= 4 is 39.3 Å². The molecule has 0 unspecified atom stereocenters. The molecule has 28 heavy (non-hydrogen) atoms. The van der Waals surface area contributed by atoms with E-state index in [1.165, 1.54) is 58.9 Å². The summed E-state index contributed by atoms with van der Waals surface area (Å²) in [7, 11) is -3.71. The van der Waals surface area contributed by atoms with Gasteiger partial charge in [-0.3, -0.25) is 4.79 Å². The van der Waals surface area contributed by atoms with E-state index in [2.05, 4.69) is 5.32 Å². The van der Waals surface area contributed by atoms with Crippen LogP contribution in [0.5, 0.6) is 0 Å². The zero-order chi connectivity index (χ0) is 20.1. The minimum atomic E-state index is -3.71. The molecule has 3 rings (SSSR count). The molecule has 0 saturated carbocycles. The largest absolute Gasteiger partial charge is 0.379 e. The predicted octanol–water partition coefficient (Wildman–Crippen LogP) is 3.15. The normalized spacial score (nSPS) is 15.6. The van der Waals surface area contributed by atoms with Crippen molar-refractivity contribution in [2.45, 2.75) is 4.90 Å². The van der Waals surface area contributed by atoms with E-state index in [9.17, 15) is 17.6 Å². The molecule has 1 saturated heterocycles. The van der Waals surface area contributed by atoms with Gasteiger partial charge in [-0.05, 0) is 42.0 Å². The molecule has 9 heteroatoms. The van der Waals surface area contributed by atoms with E-state index < -0.39 is 15.9 Å². The number of rotatable bonds is 5. The molecular formula is C19H18ClFN2O4S. The highest BCUT2D eigenvalue weighted by Gasteiger charge is 2.27. The summed E-state index contributed by atoms with van der Waals surface area (Å²) in [6.07, 6.45) is 2.77. The van der Waals surface area contributed by atoms with Crippen molar-refractivity contribution in [2.75, 3.05) is 31.6 Å². The number of morpholine rings is 1. The SMILES string of the molecule is O=C(/C=C/c1ccc(F)cc1)Nc1cc(S(=O)(=O)N2CCOCC2)ccc1Cl. The Balaban J connectivity index is 1.75. The van der Waals surface area contributed by atoms with Crippen LogP contribution in [0.25, 0.3) is 6.08 Å². The Bertz CT molecular complexity index is 987. The molecule has 0 atom stereocenters. The fourth-order valence-corrected chi connectivity index (χ4v) is 4.22. The van der Waals surface area contributed by atoms with Crippen LogP contribution in [0.4, 0.5) is 10.1 Å². The Kier molecular flexibility index (Phi) is 6.46. The zero-order valence-electron chi connectivity index (χ0n) is 14.8. The summed E-state index contributed by atoms with van der Waals surface area (Å²) in [5.41, 5.74) is 0.830. The van der Waals surface area contributed by atoms with Crippen LogP contribution in [0.1, 0.15) is 5.56 Å². The number of carbonyl (C=O) groups excluding carboxylic acids is 1. The number of benzene rings is 2. The van der Waals surface area contributed by atoms with Crippen molar-refractivity contribution in [1.29, 1.82) is 0 Å². The quantitative estimate of drug-likeness (QED) is 0.748. The van der Waals surface area contributed by atoms with E-state index in [1.807, 2.05) is 0 Å². The van der Waals surface area contributed by atoms with Crippen LogP contribution >= 0.6 is 11.6 Å². The van der Waals surface area contributed by atoms with Crippen molar-refractivity contribution in [3.8, 4) is 0 Å². The standard InChI is InChI=1S/C19H18ClFN2O4S/c20-17-7-6-16(28(25,26)23-9-11-27-12-10-23)13-18(17)22-19(24)8-3-14-1-4-15(21)5-2-14/h1-8,13H,9-12H2,(H,22,24)/b8-3+. The topological polar surface area (TPSA) is 75.7 Å². The molecule has 0 aromatic heterocycles. The molecule has 2 aromatic carbocycles. The number of halogens is 2. The Morgan fingerprint density at radius 1 is 1.14 bits per heavy atom. The lowest BCUT2D eigenvalue weighted by Gasteiger charge is -2.26. The van der Waals surface area contributed by atoms with Gasteiger partial charge < -0.3 is 10.1 Å². The lowest BCUT2D eigenvalue weighted by atomic mass is 10.2. The molecule has 1 N–H and O–H groups in total. The fourth-order valence-electron chi connectivity index (χ4n) is 2.62. The molecule has 0 radical (unpaired) electrons. The van der Waals surface area contributed by atoms with Crippen LogP contribution < -0.4 is 5.32 Å². The summed E-state index contributed by atoms with van der Waals surface area (Å²) in [5.74, 6) is -0.862. The summed E-state index contributed by atoms with van der Waals surface area (Å²) in [4.78, 5) is 12.2. The third-order valence-corrected chi connectivity index (χ3v) is 6.32. The molecule has 1 heterocycles. The Hall–Kier alpha value is -2.26. The lowest BCUT2D eigenvalue weighted by molar-refractivity contribution is -0.111. The molecule has 1 amide bonds. The third kappa shape index (κ3) is 4.96. The smallest absolute Gasteiger partial charge is 0.248 e. The number of sulfonamides is 1. The van der Waals surface area contributed by atoms with Crippen molar-refractivity contribution in [3.63, 3.8) is 0 Å². The van der Waals surface area contributed by atoms with E-state index in [4.69, 9.17) is 16.3 Å². The van der Waals surface area contributed by atoms with Crippen molar-refractivity contribution in [1.82, 2.24) is 4.31 Å². The molecule has 1 aliphatic heterocycles. The number of nitrogens with zero attached hydrogens (tertiary/aromatic N) is 1. The summed E-state index contributed by atoms with van der Waals surface area (Å²) >= 11 is 6.10. The molecule has 1 aliphatic rings. The van der Waals surface area contributed by atoms with Crippen LogP contribution in [0.2, 0.25) is 5.02 Å². The first-order valence-corrected chi connectivity index (χ1v) is 10.3. The van der Waals surface area contributed by atoms with Crippen LogP contribution in [0.15, 0.2) is 53.4 Å². The summed E-state index contributed by atoms with van der Waals surface area (Å²) in [6.45, 7) is 1.22. The van der Waals surface area contributed by atoms with E-state index >= 15 is 0 Å². The average molecular weight is 425 g/mol. The maximum atomic E-state index is 12.9. The highest BCUT2D eigenvalue weighted by atomic mass is 35.5. The molecule has 6 nitrogen and oxygen atoms in total. The number of nitrogens with one attached hydrogen (secondary N) is 1. The molecular weight excluding hydrogens is 407 g/mol. The Morgan fingerprint density at radius 3 is 2.50 bits per heavy atom. The molecule has 148 valence electrons. The number of amides is 1. The van der Waals surface area contributed by atoms with Crippen LogP contribution in [-0.2, 0) is 19.6 Å². The predicted molar refractivity (Wildman–Crippen MR) is 105 cm³/mol. The average Bonchev–Trinajstić information content (AvgIpc) is 2.70. The molecule has 0 aliphatic carbocycles.